The normalized spacial score (nSPS) is 34.6. The van der Waals surface area contributed by atoms with Crippen molar-refractivity contribution in [3.63, 3.8) is 0 Å². The lowest BCUT2D eigenvalue weighted by Crippen LogP contribution is -2.57. The molecule has 1 aromatic rings. The van der Waals surface area contributed by atoms with Crippen LogP contribution in [0.25, 0.3) is 0 Å². The van der Waals surface area contributed by atoms with E-state index in [9.17, 15) is 0 Å². The zero-order chi connectivity index (χ0) is 14.2. The average Bonchev–Trinajstić information content (AvgIpc) is 3.16. The van der Waals surface area contributed by atoms with Crippen LogP contribution in [0.15, 0.2) is 17.5 Å². The van der Waals surface area contributed by atoms with Crippen LogP contribution in [0, 0.1) is 11.8 Å². The van der Waals surface area contributed by atoms with Gasteiger partial charge in [0.1, 0.15) is 0 Å². The van der Waals surface area contributed by atoms with Gasteiger partial charge in [0.25, 0.3) is 0 Å². The minimum Gasteiger partial charge on any atom is -0.329 e. The van der Waals surface area contributed by atoms with E-state index in [0.717, 1.165) is 31.0 Å². The first-order valence-corrected chi connectivity index (χ1v) is 9.02. The Hall–Kier alpha value is -0.380. The lowest BCUT2D eigenvalue weighted by atomic mass is 9.70. The minimum atomic E-state index is 0.261. The van der Waals surface area contributed by atoms with Crippen molar-refractivity contribution in [3.05, 3.63) is 22.4 Å². The monoisotopic (exact) mass is 292 g/mol. The maximum absolute atomic E-state index is 6.30. The second kappa shape index (κ2) is 5.78. The van der Waals surface area contributed by atoms with E-state index in [1.54, 1.807) is 0 Å². The lowest BCUT2D eigenvalue weighted by Gasteiger charge is -2.50. The van der Waals surface area contributed by atoms with Crippen molar-refractivity contribution < 1.29 is 0 Å². The molecule has 112 valence electrons. The van der Waals surface area contributed by atoms with Gasteiger partial charge in [0, 0.05) is 29.5 Å². The Balaban J connectivity index is 1.80. The molecule has 0 saturated heterocycles. The van der Waals surface area contributed by atoms with Crippen LogP contribution in [0.4, 0.5) is 0 Å². The van der Waals surface area contributed by atoms with E-state index in [4.69, 9.17) is 5.73 Å². The molecule has 2 nitrogen and oxygen atoms in total. The summed E-state index contributed by atoms with van der Waals surface area (Å²) in [5.74, 6) is 1.66. The van der Waals surface area contributed by atoms with Crippen molar-refractivity contribution in [2.24, 2.45) is 17.6 Å². The van der Waals surface area contributed by atoms with Crippen LogP contribution in [0.3, 0.4) is 0 Å². The molecule has 1 aromatic heterocycles. The fourth-order valence-corrected chi connectivity index (χ4v) is 4.59. The van der Waals surface area contributed by atoms with Gasteiger partial charge >= 0.3 is 0 Å². The fourth-order valence-electron chi connectivity index (χ4n) is 3.89. The largest absolute Gasteiger partial charge is 0.329 e. The van der Waals surface area contributed by atoms with Crippen molar-refractivity contribution in [1.29, 1.82) is 0 Å². The van der Waals surface area contributed by atoms with Gasteiger partial charge in [-0.1, -0.05) is 19.9 Å². The molecule has 0 spiro atoms. The second-order valence-electron chi connectivity index (χ2n) is 7.06. The molecule has 3 unspecified atom stereocenters. The predicted octanol–water partition coefficient (Wildman–Crippen LogP) is 3.87. The number of thiophene rings is 1. The molecule has 20 heavy (non-hydrogen) atoms. The number of nitrogens with zero attached hydrogens (tertiary/aromatic N) is 1. The molecular weight excluding hydrogens is 264 g/mol. The summed E-state index contributed by atoms with van der Waals surface area (Å²) in [5, 5.41) is 2.20. The highest BCUT2D eigenvalue weighted by atomic mass is 32.1. The molecule has 2 aliphatic carbocycles. The first kappa shape index (κ1) is 14.6. The molecule has 3 atom stereocenters. The third-order valence-corrected chi connectivity index (χ3v) is 6.48. The molecule has 0 aliphatic heterocycles. The molecule has 3 heteroatoms. The molecule has 2 saturated carbocycles. The summed E-state index contributed by atoms with van der Waals surface area (Å²) in [7, 11) is 0. The summed E-state index contributed by atoms with van der Waals surface area (Å²) < 4.78 is 0. The van der Waals surface area contributed by atoms with E-state index in [2.05, 4.69) is 36.3 Å². The Bertz CT molecular complexity index is 426. The van der Waals surface area contributed by atoms with Crippen molar-refractivity contribution in [2.45, 2.75) is 64.1 Å². The van der Waals surface area contributed by atoms with E-state index in [0.29, 0.717) is 0 Å². The van der Waals surface area contributed by atoms with Crippen molar-refractivity contribution in [1.82, 2.24) is 4.90 Å². The van der Waals surface area contributed by atoms with Crippen molar-refractivity contribution >= 4 is 11.3 Å². The van der Waals surface area contributed by atoms with Crippen LogP contribution < -0.4 is 5.73 Å². The topological polar surface area (TPSA) is 29.3 Å². The Morgan fingerprint density at radius 1 is 1.30 bits per heavy atom. The summed E-state index contributed by atoms with van der Waals surface area (Å²) in [6, 6.07) is 5.24. The van der Waals surface area contributed by atoms with E-state index in [1.807, 2.05) is 11.3 Å². The van der Waals surface area contributed by atoms with Gasteiger partial charge in [-0.2, -0.15) is 0 Å². The van der Waals surface area contributed by atoms with Gasteiger partial charge in [-0.05, 0) is 55.4 Å². The predicted molar refractivity (Wildman–Crippen MR) is 86.8 cm³/mol. The van der Waals surface area contributed by atoms with Crippen LogP contribution in [-0.2, 0) is 6.54 Å². The summed E-state index contributed by atoms with van der Waals surface area (Å²) in [6.07, 6.45) is 6.66. The summed E-state index contributed by atoms with van der Waals surface area (Å²) >= 11 is 1.89. The van der Waals surface area contributed by atoms with E-state index in [-0.39, 0.29) is 5.54 Å². The molecule has 1 heterocycles. The maximum atomic E-state index is 6.30. The van der Waals surface area contributed by atoms with Gasteiger partial charge in [-0.15, -0.1) is 11.3 Å². The number of rotatable bonds is 5. The zero-order valence-electron chi connectivity index (χ0n) is 12.8. The molecule has 2 aliphatic rings. The molecular formula is C17H28N2S. The Kier molecular flexibility index (Phi) is 4.21. The third-order valence-electron chi connectivity index (χ3n) is 5.62. The highest BCUT2D eigenvalue weighted by molar-refractivity contribution is 7.09. The summed E-state index contributed by atoms with van der Waals surface area (Å²) in [5.41, 5.74) is 6.56. The number of nitrogens with two attached hydrogens (primary N) is 1. The van der Waals surface area contributed by atoms with Gasteiger partial charge in [0.05, 0.1) is 0 Å². The molecule has 3 rings (SSSR count). The van der Waals surface area contributed by atoms with Gasteiger partial charge in [-0.3, -0.25) is 4.90 Å². The molecule has 2 fully saturated rings. The first-order valence-electron chi connectivity index (χ1n) is 8.14. The highest BCUT2D eigenvalue weighted by Crippen LogP contribution is 2.44. The maximum Gasteiger partial charge on any atom is 0.0341 e. The zero-order valence-corrected chi connectivity index (χ0v) is 13.7. The Labute approximate surface area is 127 Å². The molecule has 0 aromatic carbocycles. The molecule has 0 bridgehead atoms. The lowest BCUT2D eigenvalue weighted by molar-refractivity contribution is 0.00925. The molecule has 2 N–H and O–H groups in total. The summed E-state index contributed by atoms with van der Waals surface area (Å²) in [4.78, 5) is 4.28. The molecule has 0 amide bonds. The van der Waals surface area contributed by atoms with Crippen molar-refractivity contribution in [3.8, 4) is 0 Å². The van der Waals surface area contributed by atoms with Crippen molar-refractivity contribution in [2.75, 3.05) is 6.54 Å². The smallest absolute Gasteiger partial charge is 0.0341 e. The van der Waals surface area contributed by atoms with E-state index >= 15 is 0 Å². The first-order chi connectivity index (χ1) is 9.64. The second-order valence-corrected chi connectivity index (χ2v) is 8.10. The average molecular weight is 292 g/mol. The highest BCUT2D eigenvalue weighted by Gasteiger charge is 2.46. The van der Waals surface area contributed by atoms with Crippen LogP contribution in [-0.4, -0.2) is 23.0 Å². The third kappa shape index (κ3) is 2.81. The van der Waals surface area contributed by atoms with Gasteiger partial charge in [-0.25, -0.2) is 0 Å². The minimum absolute atomic E-state index is 0.261. The van der Waals surface area contributed by atoms with Crippen LogP contribution in [0.1, 0.15) is 50.8 Å². The molecule has 0 radical (unpaired) electrons. The Morgan fingerprint density at radius 3 is 2.65 bits per heavy atom. The van der Waals surface area contributed by atoms with Crippen LogP contribution >= 0.6 is 11.3 Å². The Morgan fingerprint density at radius 2 is 2.10 bits per heavy atom. The van der Waals surface area contributed by atoms with Crippen LogP contribution in [0.5, 0.6) is 0 Å². The van der Waals surface area contributed by atoms with E-state index in [1.165, 1.54) is 37.0 Å². The number of hydrogen-bond acceptors (Lipinski definition) is 3. The fraction of sp³-hybridized carbons (Fsp3) is 0.765. The van der Waals surface area contributed by atoms with Gasteiger partial charge in [0.2, 0.25) is 0 Å². The standard InChI is InChI=1S/C17H28N2S/c1-13-7-8-17(12-18,10-14(13)2)19(15-5-6-15)11-16-4-3-9-20-16/h3-4,9,13-15H,5-8,10-12,18H2,1-2H3. The quantitative estimate of drug-likeness (QED) is 0.892. The van der Waals surface area contributed by atoms with Crippen LogP contribution in [0.2, 0.25) is 0 Å². The van der Waals surface area contributed by atoms with E-state index < -0.39 is 0 Å². The SMILES string of the molecule is CC1CCC(CN)(N(Cc2cccs2)C2CC2)CC1C. The van der Waals surface area contributed by atoms with Gasteiger partial charge < -0.3 is 5.73 Å². The summed E-state index contributed by atoms with van der Waals surface area (Å²) in [6.45, 7) is 6.77. The number of hydrogen-bond donors (Lipinski definition) is 1. The van der Waals surface area contributed by atoms with Gasteiger partial charge in [0.15, 0.2) is 0 Å².